The molecule has 0 aliphatic carbocycles. The molecular weight excluding hydrogens is 288 g/mol. The number of H-pyrrole nitrogens is 1. The van der Waals surface area contributed by atoms with E-state index in [0.717, 1.165) is 28.0 Å². The van der Waals surface area contributed by atoms with Crippen LogP contribution in [-0.2, 0) is 13.0 Å². The van der Waals surface area contributed by atoms with E-state index in [0.29, 0.717) is 18.7 Å². The van der Waals surface area contributed by atoms with Crippen LogP contribution >= 0.6 is 11.6 Å². The Morgan fingerprint density at radius 1 is 1.33 bits per heavy atom. The number of nitrogens with one attached hydrogen (secondary N) is 1. The minimum Gasteiger partial charge on any atom is -0.472 e. The first-order chi connectivity index (χ1) is 10.2. The summed E-state index contributed by atoms with van der Waals surface area (Å²) in [5, 5.41) is 1.90. The lowest BCUT2D eigenvalue weighted by Crippen LogP contribution is -2.35. The average molecular weight is 301 g/mol. The van der Waals surface area contributed by atoms with Crippen molar-refractivity contribution in [3.05, 3.63) is 58.6 Å². The Hall–Kier alpha value is -2.20. The quantitative estimate of drug-likeness (QED) is 0.746. The van der Waals surface area contributed by atoms with Gasteiger partial charge >= 0.3 is 0 Å². The van der Waals surface area contributed by atoms with Gasteiger partial charge in [-0.2, -0.15) is 0 Å². The molecule has 0 unspecified atom stereocenters. The summed E-state index contributed by atoms with van der Waals surface area (Å²) in [6.07, 6.45) is 3.84. The number of aromatic nitrogens is 1. The minimum atomic E-state index is 0.00564. The predicted molar refractivity (Wildman–Crippen MR) is 80.5 cm³/mol. The summed E-state index contributed by atoms with van der Waals surface area (Å²) in [6.45, 7) is 1.29. The van der Waals surface area contributed by atoms with Crippen molar-refractivity contribution in [2.24, 2.45) is 0 Å². The van der Waals surface area contributed by atoms with Crippen molar-refractivity contribution < 1.29 is 9.21 Å². The van der Waals surface area contributed by atoms with Gasteiger partial charge in [-0.05, 0) is 36.2 Å². The number of hydrogen-bond donors (Lipinski definition) is 1. The molecule has 0 saturated carbocycles. The molecule has 3 aromatic rings. The highest BCUT2D eigenvalue weighted by Gasteiger charge is 2.25. The Balaban J connectivity index is 1.69. The van der Waals surface area contributed by atoms with E-state index in [1.807, 2.05) is 23.1 Å². The maximum absolute atomic E-state index is 12.4. The lowest BCUT2D eigenvalue weighted by Gasteiger charge is -2.26. The number of carbonyl (C=O) groups is 1. The monoisotopic (exact) mass is 300 g/mol. The van der Waals surface area contributed by atoms with Gasteiger partial charge in [0, 0.05) is 28.2 Å². The van der Waals surface area contributed by atoms with Gasteiger partial charge in [0.2, 0.25) is 0 Å². The Morgan fingerprint density at radius 2 is 2.24 bits per heavy atom. The fourth-order valence-corrected chi connectivity index (χ4v) is 3.13. The average Bonchev–Trinajstić information content (AvgIpc) is 3.13. The van der Waals surface area contributed by atoms with Gasteiger partial charge in [-0.15, -0.1) is 0 Å². The number of aromatic amines is 1. The van der Waals surface area contributed by atoms with E-state index in [1.165, 1.54) is 18.1 Å². The Labute approximate surface area is 126 Å². The fourth-order valence-electron chi connectivity index (χ4n) is 2.95. The maximum Gasteiger partial charge on any atom is 0.257 e. The number of rotatable bonds is 1. The van der Waals surface area contributed by atoms with E-state index >= 15 is 0 Å². The number of halogens is 1. The molecule has 0 bridgehead atoms. The molecule has 4 rings (SSSR count). The van der Waals surface area contributed by atoms with Crippen LogP contribution in [0.5, 0.6) is 0 Å². The van der Waals surface area contributed by atoms with Crippen LogP contribution in [0.15, 0.2) is 41.2 Å². The second kappa shape index (κ2) is 4.67. The topological polar surface area (TPSA) is 49.2 Å². The van der Waals surface area contributed by atoms with Crippen LogP contribution in [0.3, 0.4) is 0 Å². The van der Waals surface area contributed by atoms with E-state index in [9.17, 15) is 4.79 Å². The molecule has 0 saturated heterocycles. The first-order valence-electron chi connectivity index (χ1n) is 6.83. The number of nitrogens with zero attached hydrogens (tertiary/aromatic N) is 1. The summed E-state index contributed by atoms with van der Waals surface area (Å²) < 4.78 is 4.99. The number of benzene rings is 1. The highest BCUT2D eigenvalue weighted by Crippen LogP contribution is 2.30. The van der Waals surface area contributed by atoms with Crippen molar-refractivity contribution in [3.63, 3.8) is 0 Å². The molecule has 1 aliphatic rings. The van der Waals surface area contributed by atoms with Crippen LogP contribution in [0.2, 0.25) is 5.02 Å². The number of fused-ring (bicyclic) bond motifs is 3. The molecule has 106 valence electrons. The molecule has 4 nitrogen and oxygen atoms in total. The van der Waals surface area contributed by atoms with Crippen LogP contribution in [0.1, 0.15) is 21.6 Å². The summed E-state index contributed by atoms with van der Waals surface area (Å²) >= 11 is 6.08. The first-order valence-corrected chi connectivity index (χ1v) is 7.20. The molecule has 3 heterocycles. The molecule has 0 atom stereocenters. The summed E-state index contributed by atoms with van der Waals surface area (Å²) in [6, 6.07) is 7.54. The highest BCUT2D eigenvalue weighted by atomic mass is 35.5. The normalized spacial score (nSPS) is 14.4. The van der Waals surface area contributed by atoms with E-state index in [2.05, 4.69) is 4.98 Å². The fraction of sp³-hybridized carbons (Fsp3) is 0.188. The van der Waals surface area contributed by atoms with Gasteiger partial charge in [-0.3, -0.25) is 4.79 Å². The van der Waals surface area contributed by atoms with Gasteiger partial charge in [-0.1, -0.05) is 11.6 Å². The van der Waals surface area contributed by atoms with E-state index in [-0.39, 0.29) is 5.91 Å². The summed E-state index contributed by atoms with van der Waals surface area (Å²) in [5.74, 6) is 0.00564. The molecule has 1 aliphatic heterocycles. The summed E-state index contributed by atoms with van der Waals surface area (Å²) in [4.78, 5) is 17.6. The zero-order valence-corrected chi connectivity index (χ0v) is 12.0. The second-order valence-electron chi connectivity index (χ2n) is 5.26. The Bertz CT molecular complexity index is 820. The van der Waals surface area contributed by atoms with Crippen LogP contribution < -0.4 is 0 Å². The zero-order valence-electron chi connectivity index (χ0n) is 11.2. The third-order valence-corrected chi connectivity index (χ3v) is 4.23. The van der Waals surface area contributed by atoms with Gasteiger partial charge in [0.25, 0.3) is 5.91 Å². The molecule has 5 heteroatoms. The lowest BCUT2D eigenvalue weighted by atomic mass is 10.0. The SMILES string of the molecule is O=C(c1ccoc1)N1CCc2c([nH]c3ccc(Cl)cc23)C1. The lowest BCUT2D eigenvalue weighted by molar-refractivity contribution is 0.0732. The molecule has 1 amide bonds. The van der Waals surface area contributed by atoms with Crippen LogP contribution in [0.4, 0.5) is 0 Å². The second-order valence-corrected chi connectivity index (χ2v) is 5.70. The molecule has 0 fully saturated rings. The van der Waals surface area contributed by atoms with Crippen molar-refractivity contribution >= 4 is 28.4 Å². The first kappa shape index (κ1) is 12.5. The van der Waals surface area contributed by atoms with Gasteiger partial charge in [0.15, 0.2) is 0 Å². The molecule has 21 heavy (non-hydrogen) atoms. The van der Waals surface area contributed by atoms with Crippen molar-refractivity contribution in [2.45, 2.75) is 13.0 Å². The third-order valence-electron chi connectivity index (χ3n) is 3.99. The summed E-state index contributed by atoms with van der Waals surface area (Å²) in [5.41, 5.74) is 4.03. The molecular formula is C16H13ClN2O2. The van der Waals surface area contributed by atoms with Crippen molar-refractivity contribution in [2.75, 3.05) is 6.54 Å². The molecule has 0 radical (unpaired) electrons. The highest BCUT2D eigenvalue weighted by molar-refractivity contribution is 6.31. The largest absolute Gasteiger partial charge is 0.472 e. The van der Waals surface area contributed by atoms with Crippen molar-refractivity contribution in [1.29, 1.82) is 0 Å². The molecule has 0 spiro atoms. The minimum absolute atomic E-state index is 0.00564. The molecule has 1 N–H and O–H groups in total. The smallest absolute Gasteiger partial charge is 0.257 e. The third kappa shape index (κ3) is 2.03. The van der Waals surface area contributed by atoms with Crippen molar-refractivity contribution in [3.8, 4) is 0 Å². The van der Waals surface area contributed by atoms with Crippen LogP contribution in [0, 0.1) is 0 Å². The van der Waals surface area contributed by atoms with E-state index in [1.54, 1.807) is 6.07 Å². The van der Waals surface area contributed by atoms with E-state index < -0.39 is 0 Å². The Morgan fingerprint density at radius 3 is 3.05 bits per heavy atom. The van der Waals surface area contributed by atoms with Gasteiger partial charge in [-0.25, -0.2) is 0 Å². The number of hydrogen-bond acceptors (Lipinski definition) is 2. The van der Waals surface area contributed by atoms with E-state index in [4.69, 9.17) is 16.0 Å². The zero-order chi connectivity index (χ0) is 14.4. The van der Waals surface area contributed by atoms with Gasteiger partial charge < -0.3 is 14.3 Å². The van der Waals surface area contributed by atoms with Gasteiger partial charge in [0.1, 0.15) is 6.26 Å². The maximum atomic E-state index is 12.4. The van der Waals surface area contributed by atoms with Crippen molar-refractivity contribution in [1.82, 2.24) is 9.88 Å². The van der Waals surface area contributed by atoms with Crippen LogP contribution in [0.25, 0.3) is 10.9 Å². The number of carbonyl (C=O) groups excluding carboxylic acids is 1. The Kier molecular flexibility index (Phi) is 2.79. The van der Waals surface area contributed by atoms with Gasteiger partial charge in [0.05, 0.1) is 18.4 Å². The number of amides is 1. The summed E-state index contributed by atoms with van der Waals surface area (Å²) in [7, 11) is 0. The van der Waals surface area contributed by atoms with Crippen LogP contribution in [-0.4, -0.2) is 22.3 Å². The standard InChI is InChI=1S/C16H13ClN2O2/c17-11-1-2-14-13(7-11)12-3-5-19(8-15(12)18-14)16(20)10-4-6-21-9-10/h1-2,4,6-7,9,18H,3,5,8H2. The predicted octanol–water partition coefficient (Wildman–Crippen LogP) is 3.61. The molecule has 2 aromatic heterocycles. The molecule has 1 aromatic carbocycles. The number of furan rings is 1.